The standard InChI is InChI=1S/C23H25FN2O/c1-26-10-9-23(15-5-3-6-17(11-15)27-2)13-21-19(12-16(23)14-26)18-7-4-8-20(24)22(18)25-21/h3-8,11,16,25H,9-10,12-14H2,1-2H3/t16?,23-/m1/s1. The summed E-state index contributed by atoms with van der Waals surface area (Å²) in [7, 11) is 3.93. The number of hydrogen-bond acceptors (Lipinski definition) is 2. The largest absolute Gasteiger partial charge is 0.497 e. The van der Waals surface area contributed by atoms with Crippen molar-refractivity contribution in [3.63, 3.8) is 0 Å². The average molecular weight is 364 g/mol. The van der Waals surface area contributed by atoms with Crippen molar-refractivity contribution >= 4 is 10.9 Å². The highest BCUT2D eigenvalue weighted by atomic mass is 19.1. The number of hydrogen-bond donors (Lipinski definition) is 1. The van der Waals surface area contributed by atoms with Gasteiger partial charge in [0.05, 0.1) is 12.6 Å². The first-order valence-electron chi connectivity index (χ1n) is 9.72. The number of H-pyrrole nitrogens is 1. The van der Waals surface area contributed by atoms with E-state index in [1.54, 1.807) is 13.2 Å². The Labute approximate surface area is 159 Å². The number of halogens is 1. The van der Waals surface area contributed by atoms with Crippen LogP contribution < -0.4 is 4.74 Å². The fourth-order valence-electron chi connectivity index (χ4n) is 5.38. The van der Waals surface area contributed by atoms with Gasteiger partial charge in [-0.1, -0.05) is 24.3 Å². The van der Waals surface area contributed by atoms with Crippen molar-refractivity contribution in [3.05, 3.63) is 65.1 Å². The number of benzene rings is 2. The number of nitrogens with one attached hydrogen (secondary N) is 1. The molecular weight excluding hydrogens is 339 g/mol. The van der Waals surface area contributed by atoms with Crippen LogP contribution in [0.5, 0.6) is 5.75 Å². The van der Waals surface area contributed by atoms with Gasteiger partial charge in [0.1, 0.15) is 11.6 Å². The van der Waals surface area contributed by atoms with Crippen LogP contribution in [0, 0.1) is 11.7 Å². The van der Waals surface area contributed by atoms with Gasteiger partial charge in [-0.3, -0.25) is 0 Å². The summed E-state index contributed by atoms with van der Waals surface area (Å²) in [5.74, 6) is 1.27. The number of rotatable bonds is 2. The number of para-hydroxylation sites is 1. The monoisotopic (exact) mass is 364 g/mol. The van der Waals surface area contributed by atoms with Crippen molar-refractivity contribution in [1.82, 2.24) is 9.88 Å². The van der Waals surface area contributed by atoms with Gasteiger partial charge >= 0.3 is 0 Å². The Bertz CT molecular complexity index is 1010. The van der Waals surface area contributed by atoms with E-state index in [1.807, 2.05) is 12.1 Å². The third kappa shape index (κ3) is 2.50. The summed E-state index contributed by atoms with van der Waals surface area (Å²) < 4.78 is 19.9. The van der Waals surface area contributed by atoms with E-state index >= 15 is 0 Å². The van der Waals surface area contributed by atoms with Crippen LogP contribution in [0.2, 0.25) is 0 Å². The molecule has 1 saturated heterocycles. The molecule has 3 nitrogen and oxygen atoms in total. The predicted molar refractivity (Wildman–Crippen MR) is 106 cm³/mol. The van der Waals surface area contributed by atoms with Crippen LogP contribution in [-0.2, 0) is 18.3 Å². The van der Waals surface area contributed by atoms with E-state index in [-0.39, 0.29) is 11.2 Å². The lowest BCUT2D eigenvalue weighted by atomic mass is 9.59. The fraction of sp³-hybridized carbons (Fsp3) is 0.391. The van der Waals surface area contributed by atoms with E-state index < -0.39 is 0 Å². The van der Waals surface area contributed by atoms with Gasteiger partial charge in [-0.25, -0.2) is 4.39 Å². The molecule has 2 heterocycles. The molecule has 1 aliphatic carbocycles. The molecule has 27 heavy (non-hydrogen) atoms. The van der Waals surface area contributed by atoms with Gasteiger partial charge in [-0.2, -0.15) is 0 Å². The molecule has 5 rings (SSSR count). The minimum absolute atomic E-state index is 0.0748. The first kappa shape index (κ1) is 16.8. The molecule has 0 amide bonds. The van der Waals surface area contributed by atoms with E-state index in [1.165, 1.54) is 16.8 Å². The lowest BCUT2D eigenvalue weighted by Crippen LogP contribution is -2.52. The van der Waals surface area contributed by atoms with Crippen LogP contribution in [-0.4, -0.2) is 37.1 Å². The second-order valence-electron chi connectivity index (χ2n) is 8.22. The van der Waals surface area contributed by atoms with Crippen LogP contribution in [0.1, 0.15) is 23.2 Å². The number of aromatic amines is 1. The minimum atomic E-state index is -0.155. The summed E-state index contributed by atoms with van der Waals surface area (Å²) >= 11 is 0. The second-order valence-corrected chi connectivity index (χ2v) is 8.22. The van der Waals surface area contributed by atoms with Gasteiger partial charge in [0.15, 0.2) is 0 Å². The molecular formula is C23H25FN2O. The normalized spacial score (nSPS) is 25.2. The van der Waals surface area contributed by atoms with Crippen molar-refractivity contribution in [2.24, 2.45) is 5.92 Å². The number of nitrogens with zero attached hydrogens (tertiary/aromatic N) is 1. The molecule has 1 aliphatic heterocycles. The number of fused-ring (bicyclic) bond motifs is 4. The molecule has 2 aromatic carbocycles. The molecule has 3 aromatic rings. The van der Waals surface area contributed by atoms with Crippen LogP contribution in [0.15, 0.2) is 42.5 Å². The first-order valence-corrected chi connectivity index (χ1v) is 9.72. The molecule has 0 saturated carbocycles. The Morgan fingerprint density at radius 3 is 2.93 bits per heavy atom. The van der Waals surface area contributed by atoms with Gasteiger partial charge in [0, 0.05) is 23.0 Å². The Morgan fingerprint density at radius 1 is 1.22 bits per heavy atom. The van der Waals surface area contributed by atoms with E-state index in [2.05, 4.69) is 41.2 Å². The lowest BCUT2D eigenvalue weighted by molar-refractivity contribution is 0.0994. The summed E-state index contributed by atoms with van der Waals surface area (Å²) in [5, 5.41) is 1.05. The summed E-state index contributed by atoms with van der Waals surface area (Å²) in [6, 6.07) is 14.0. The topological polar surface area (TPSA) is 28.3 Å². The number of ether oxygens (including phenoxy) is 1. The summed E-state index contributed by atoms with van der Waals surface area (Å²) in [6.07, 6.45) is 3.03. The molecule has 1 fully saturated rings. The number of aromatic nitrogens is 1. The van der Waals surface area contributed by atoms with Crippen LogP contribution >= 0.6 is 0 Å². The number of likely N-dealkylation sites (tertiary alicyclic amines) is 1. The van der Waals surface area contributed by atoms with E-state index in [9.17, 15) is 4.39 Å². The first-order chi connectivity index (χ1) is 13.1. The zero-order valence-corrected chi connectivity index (χ0v) is 15.9. The SMILES string of the molecule is COc1cccc([C@]23CCN(C)CC2Cc2c([nH]c4c(F)cccc24)C3)c1. The van der Waals surface area contributed by atoms with Crippen molar-refractivity contribution in [1.29, 1.82) is 0 Å². The molecule has 1 N–H and O–H groups in total. The van der Waals surface area contributed by atoms with Crippen molar-refractivity contribution < 1.29 is 9.13 Å². The quantitative estimate of drug-likeness (QED) is 0.734. The van der Waals surface area contributed by atoms with E-state index in [4.69, 9.17) is 4.74 Å². The maximum atomic E-state index is 14.4. The smallest absolute Gasteiger partial charge is 0.147 e. The molecule has 2 aliphatic rings. The molecule has 0 spiro atoms. The highest BCUT2D eigenvalue weighted by Gasteiger charge is 2.47. The van der Waals surface area contributed by atoms with Crippen LogP contribution in [0.4, 0.5) is 4.39 Å². The van der Waals surface area contributed by atoms with Crippen LogP contribution in [0.25, 0.3) is 10.9 Å². The molecule has 140 valence electrons. The Hall–Kier alpha value is -2.33. The lowest BCUT2D eigenvalue weighted by Gasteiger charge is -2.50. The Morgan fingerprint density at radius 2 is 2.07 bits per heavy atom. The fourth-order valence-corrected chi connectivity index (χ4v) is 5.38. The van der Waals surface area contributed by atoms with Gasteiger partial charge in [0.2, 0.25) is 0 Å². The molecule has 1 unspecified atom stereocenters. The van der Waals surface area contributed by atoms with Gasteiger partial charge in [0.25, 0.3) is 0 Å². The van der Waals surface area contributed by atoms with E-state index in [0.29, 0.717) is 11.4 Å². The third-order valence-corrected chi connectivity index (χ3v) is 6.82. The summed E-state index contributed by atoms with van der Waals surface area (Å²) in [6.45, 7) is 2.15. The van der Waals surface area contributed by atoms with Crippen molar-refractivity contribution in [2.45, 2.75) is 24.7 Å². The average Bonchev–Trinajstić information content (AvgIpc) is 3.05. The maximum Gasteiger partial charge on any atom is 0.147 e. The summed E-state index contributed by atoms with van der Waals surface area (Å²) in [4.78, 5) is 5.87. The van der Waals surface area contributed by atoms with Crippen molar-refractivity contribution in [2.75, 3.05) is 27.2 Å². The highest BCUT2D eigenvalue weighted by molar-refractivity contribution is 5.85. The zero-order chi connectivity index (χ0) is 18.6. The minimum Gasteiger partial charge on any atom is -0.497 e. The highest BCUT2D eigenvalue weighted by Crippen LogP contribution is 2.49. The molecule has 1 aromatic heterocycles. The van der Waals surface area contributed by atoms with Gasteiger partial charge in [-0.05, 0) is 68.1 Å². The molecule has 4 heteroatoms. The third-order valence-electron chi connectivity index (χ3n) is 6.82. The Kier molecular flexibility index (Phi) is 3.80. The predicted octanol–water partition coefficient (Wildman–Crippen LogP) is 4.30. The molecule has 2 atom stereocenters. The van der Waals surface area contributed by atoms with Crippen LogP contribution in [0.3, 0.4) is 0 Å². The summed E-state index contributed by atoms with van der Waals surface area (Å²) in [5.41, 5.74) is 4.60. The molecule has 0 radical (unpaired) electrons. The van der Waals surface area contributed by atoms with Gasteiger partial charge in [-0.15, -0.1) is 0 Å². The Balaban J connectivity index is 1.68. The maximum absolute atomic E-state index is 14.4. The zero-order valence-electron chi connectivity index (χ0n) is 15.9. The number of methoxy groups -OCH3 is 1. The molecule has 0 bridgehead atoms. The van der Waals surface area contributed by atoms with Crippen molar-refractivity contribution in [3.8, 4) is 5.75 Å². The second kappa shape index (κ2) is 6.10. The number of piperidine rings is 1. The van der Waals surface area contributed by atoms with Gasteiger partial charge < -0.3 is 14.6 Å². The van der Waals surface area contributed by atoms with E-state index in [0.717, 1.165) is 43.5 Å².